The summed E-state index contributed by atoms with van der Waals surface area (Å²) < 4.78 is 5.56. The van der Waals surface area contributed by atoms with E-state index in [4.69, 9.17) is 51.0 Å². The summed E-state index contributed by atoms with van der Waals surface area (Å²) in [5.74, 6) is -0.121. The lowest BCUT2D eigenvalue weighted by Gasteiger charge is -2.12. The number of carbonyl (C=O) groups is 1. The van der Waals surface area contributed by atoms with E-state index in [1.54, 1.807) is 12.1 Å². The molecule has 0 radical (unpaired) electrons. The van der Waals surface area contributed by atoms with Gasteiger partial charge in [-0.05, 0) is 18.2 Å². The maximum Gasteiger partial charge on any atom is 0.250 e. The van der Waals surface area contributed by atoms with Gasteiger partial charge in [0.2, 0.25) is 0 Å². The number of anilines is 1. The predicted molar refractivity (Wildman–Crippen MR) is 80.9 cm³/mol. The van der Waals surface area contributed by atoms with E-state index in [2.05, 4.69) is 0 Å². The van der Waals surface area contributed by atoms with Gasteiger partial charge < -0.3 is 16.2 Å². The minimum absolute atomic E-state index is 0.127. The molecule has 4 N–H and O–H groups in total. The van der Waals surface area contributed by atoms with E-state index in [9.17, 15) is 4.79 Å². The Kier molecular flexibility index (Phi) is 4.28. The van der Waals surface area contributed by atoms with Crippen molar-refractivity contribution in [2.24, 2.45) is 5.73 Å². The van der Waals surface area contributed by atoms with Gasteiger partial charge in [0.25, 0.3) is 5.91 Å². The minimum atomic E-state index is -0.645. The summed E-state index contributed by atoms with van der Waals surface area (Å²) >= 11 is 17.7. The summed E-state index contributed by atoms with van der Waals surface area (Å²) in [6, 6.07) is 7.59. The first-order chi connectivity index (χ1) is 9.40. The Morgan fingerprint density at radius 1 is 1.00 bits per heavy atom. The number of rotatable bonds is 3. The number of hydrogen-bond acceptors (Lipinski definition) is 3. The summed E-state index contributed by atoms with van der Waals surface area (Å²) in [7, 11) is 0. The molecule has 0 aliphatic carbocycles. The highest BCUT2D eigenvalue weighted by Crippen LogP contribution is 2.38. The molecule has 0 spiro atoms. The average Bonchev–Trinajstić information content (AvgIpc) is 2.37. The topological polar surface area (TPSA) is 78.3 Å². The first kappa shape index (κ1) is 14.8. The van der Waals surface area contributed by atoms with E-state index in [0.717, 1.165) is 0 Å². The molecule has 0 bridgehead atoms. The molecule has 2 rings (SSSR count). The van der Waals surface area contributed by atoms with Gasteiger partial charge in [0.05, 0.1) is 26.3 Å². The van der Waals surface area contributed by atoms with Crippen molar-refractivity contribution in [3.05, 3.63) is 51.0 Å². The lowest BCUT2D eigenvalue weighted by atomic mass is 10.1. The number of carbonyl (C=O) groups excluding carboxylic acids is 1. The Morgan fingerprint density at radius 2 is 1.65 bits per heavy atom. The van der Waals surface area contributed by atoms with Crippen LogP contribution in [0, 0.1) is 0 Å². The van der Waals surface area contributed by atoms with Crippen LogP contribution >= 0.6 is 34.8 Å². The van der Waals surface area contributed by atoms with Gasteiger partial charge in [0.15, 0.2) is 5.75 Å². The maximum atomic E-state index is 11.2. The quantitative estimate of drug-likeness (QED) is 0.656. The standard InChI is InChI=1S/C13H9Cl3N2O2/c14-7-4-9(16)11(5-8(7)15)20-10-3-1-2-6(12(10)17)13(18)19/h1-5H,17H2,(H2,18,19). The van der Waals surface area contributed by atoms with Crippen LogP contribution in [-0.4, -0.2) is 5.91 Å². The molecule has 2 aromatic rings. The van der Waals surface area contributed by atoms with Crippen LogP contribution in [0.3, 0.4) is 0 Å². The fraction of sp³-hybridized carbons (Fsp3) is 0. The second-order valence-corrected chi connectivity index (χ2v) is 5.10. The molecule has 0 atom stereocenters. The molecular formula is C13H9Cl3N2O2. The zero-order valence-electron chi connectivity index (χ0n) is 9.99. The first-order valence-electron chi connectivity index (χ1n) is 5.41. The van der Waals surface area contributed by atoms with Crippen LogP contribution in [0.4, 0.5) is 5.69 Å². The van der Waals surface area contributed by atoms with Crippen molar-refractivity contribution in [3.8, 4) is 11.5 Å². The number of nitrogens with two attached hydrogens (primary N) is 2. The summed E-state index contributed by atoms with van der Waals surface area (Å²) in [5.41, 5.74) is 11.3. The third-order valence-electron chi connectivity index (χ3n) is 2.53. The highest BCUT2D eigenvalue weighted by Gasteiger charge is 2.13. The summed E-state index contributed by atoms with van der Waals surface area (Å²) in [6.07, 6.45) is 0. The third kappa shape index (κ3) is 2.93. The smallest absolute Gasteiger partial charge is 0.250 e. The Bertz CT molecular complexity index is 690. The summed E-state index contributed by atoms with van der Waals surface area (Å²) in [6.45, 7) is 0. The molecule has 20 heavy (non-hydrogen) atoms. The monoisotopic (exact) mass is 330 g/mol. The van der Waals surface area contributed by atoms with Crippen LogP contribution in [0.1, 0.15) is 10.4 Å². The molecule has 0 aromatic heterocycles. The highest BCUT2D eigenvalue weighted by molar-refractivity contribution is 6.43. The van der Waals surface area contributed by atoms with E-state index < -0.39 is 5.91 Å². The molecule has 104 valence electrons. The molecule has 7 heteroatoms. The SMILES string of the molecule is NC(=O)c1cccc(Oc2cc(Cl)c(Cl)cc2Cl)c1N. The average molecular weight is 332 g/mol. The highest BCUT2D eigenvalue weighted by atomic mass is 35.5. The zero-order valence-corrected chi connectivity index (χ0v) is 12.3. The van der Waals surface area contributed by atoms with Crippen LogP contribution in [0.15, 0.2) is 30.3 Å². The number of amides is 1. The Morgan fingerprint density at radius 3 is 2.30 bits per heavy atom. The minimum Gasteiger partial charge on any atom is -0.454 e. The van der Waals surface area contributed by atoms with Crippen LogP contribution in [0.5, 0.6) is 11.5 Å². The Labute approximate surface area is 130 Å². The first-order valence-corrected chi connectivity index (χ1v) is 6.54. The zero-order chi connectivity index (χ0) is 14.9. The molecule has 0 aliphatic heterocycles. The summed E-state index contributed by atoms with van der Waals surface area (Å²) in [5, 5.41) is 0.863. The van der Waals surface area contributed by atoms with Gasteiger partial charge in [0.1, 0.15) is 5.75 Å². The number of ether oxygens (including phenoxy) is 1. The molecule has 0 heterocycles. The van der Waals surface area contributed by atoms with Crippen molar-refractivity contribution in [1.29, 1.82) is 0 Å². The molecular weight excluding hydrogens is 323 g/mol. The Hall–Kier alpha value is -1.62. The van der Waals surface area contributed by atoms with E-state index >= 15 is 0 Å². The number of nitrogen functional groups attached to an aromatic ring is 1. The van der Waals surface area contributed by atoms with Crippen LogP contribution in [0.25, 0.3) is 0 Å². The van der Waals surface area contributed by atoms with Crippen molar-refractivity contribution >= 4 is 46.4 Å². The maximum absolute atomic E-state index is 11.2. The fourth-order valence-corrected chi connectivity index (χ4v) is 2.12. The number of primary amides is 1. The number of benzene rings is 2. The largest absolute Gasteiger partial charge is 0.454 e. The van der Waals surface area contributed by atoms with Gasteiger partial charge in [-0.25, -0.2) is 0 Å². The molecule has 4 nitrogen and oxygen atoms in total. The van der Waals surface area contributed by atoms with Crippen molar-refractivity contribution in [2.75, 3.05) is 5.73 Å². The van der Waals surface area contributed by atoms with E-state index in [1.165, 1.54) is 18.2 Å². The molecule has 0 unspecified atom stereocenters. The number of hydrogen-bond donors (Lipinski definition) is 2. The lowest BCUT2D eigenvalue weighted by Crippen LogP contribution is -2.13. The van der Waals surface area contributed by atoms with Crippen molar-refractivity contribution < 1.29 is 9.53 Å². The van der Waals surface area contributed by atoms with Crippen molar-refractivity contribution in [2.45, 2.75) is 0 Å². The molecule has 0 saturated heterocycles. The summed E-state index contributed by atoms with van der Waals surface area (Å²) in [4.78, 5) is 11.2. The van der Waals surface area contributed by atoms with Crippen LogP contribution < -0.4 is 16.2 Å². The number of para-hydroxylation sites is 1. The second-order valence-electron chi connectivity index (χ2n) is 3.88. The van der Waals surface area contributed by atoms with Crippen LogP contribution in [0.2, 0.25) is 15.1 Å². The van der Waals surface area contributed by atoms with Gasteiger partial charge >= 0.3 is 0 Å². The number of halogens is 3. The molecule has 2 aromatic carbocycles. The second kappa shape index (κ2) is 5.79. The fourth-order valence-electron chi connectivity index (χ4n) is 1.55. The van der Waals surface area contributed by atoms with Gasteiger partial charge in [-0.1, -0.05) is 40.9 Å². The van der Waals surface area contributed by atoms with E-state index in [1.807, 2.05) is 0 Å². The molecule has 0 saturated carbocycles. The van der Waals surface area contributed by atoms with E-state index in [-0.39, 0.29) is 32.8 Å². The van der Waals surface area contributed by atoms with Crippen molar-refractivity contribution in [1.82, 2.24) is 0 Å². The molecule has 0 fully saturated rings. The molecule has 0 aliphatic rings. The lowest BCUT2D eigenvalue weighted by molar-refractivity contribution is 0.100. The van der Waals surface area contributed by atoms with Gasteiger partial charge in [-0.2, -0.15) is 0 Å². The predicted octanol–water partition coefficient (Wildman–Crippen LogP) is 4.12. The van der Waals surface area contributed by atoms with Gasteiger partial charge in [0, 0.05) is 6.07 Å². The van der Waals surface area contributed by atoms with Gasteiger partial charge in [-0.3, -0.25) is 4.79 Å². The third-order valence-corrected chi connectivity index (χ3v) is 3.54. The van der Waals surface area contributed by atoms with Crippen LogP contribution in [-0.2, 0) is 0 Å². The Balaban J connectivity index is 2.43. The van der Waals surface area contributed by atoms with E-state index in [0.29, 0.717) is 5.02 Å². The van der Waals surface area contributed by atoms with Crippen molar-refractivity contribution in [3.63, 3.8) is 0 Å². The molecule has 1 amide bonds. The normalized spacial score (nSPS) is 10.3. The van der Waals surface area contributed by atoms with Gasteiger partial charge in [-0.15, -0.1) is 0 Å².